The number of carbonyl (C=O) groups excluding carboxylic acids is 1. The van der Waals surface area contributed by atoms with Crippen LogP contribution in [-0.2, 0) is 14.3 Å². The van der Waals surface area contributed by atoms with E-state index in [4.69, 9.17) is 9.47 Å². The molecule has 31 heavy (non-hydrogen) atoms. The highest BCUT2D eigenvalue weighted by molar-refractivity contribution is 7.96. The van der Waals surface area contributed by atoms with Gasteiger partial charge in [0.25, 0.3) is 0 Å². The molecule has 0 heterocycles. The van der Waals surface area contributed by atoms with Crippen molar-refractivity contribution in [3.8, 4) is 0 Å². The van der Waals surface area contributed by atoms with Gasteiger partial charge in [-0.3, -0.25) is 0 Å². The van der Waals surface area contributed by atoms with E-state index in [2.05, 4.69) is 0 Å². The van der Waals surface area contributed by atoms with Crippen molar-refractivity contribution >= 4 is 34.1 Å². The van der Waals surface area contributed by atoms with Gasteiger partial charge in [-0.2, -0.15) is 0 Å². The normalized spacial score (nSPS) is 11.6. The van der Waals surface area contributed by atoms with Crippen LogP contribution in [0.2, 0.25) is 0 Å². The maximum Gasteiger partial charge on any atom is 0.339 e. The zero-order valence-corrected chi connectivity index (χ0v) is 18.6. The van der Waals surface area contributed by atoms with E-state index in [1.807, 2.05) is 91.0 Å². The van der Waals surface area contributed by atoms with Gasteiger partial charge < -0.3 is 14.6 Å². The molecule has 0 aliphatic carbocycles. The summed E-state index contributed by atoms with van der Waals surface area (Å²) in [6.07, 6.45) is 1.32. The zero-order valence-electron chi connectivity index (χ0n) is 17.7. The van der Waals surface area contributed by atoms with Gasteiger partial charge in [0, 0.05) is 0 Å². The second-order valence-corrected chi connectivity index (χ2v) is 10.1. The highest BCUT2D eigenvalue weighted by Crippen LogP contribution is 2.46. The molecule has 0 radical (unpaired) electrons. The fourth-order valence-electron chi connectivity index (χ4n) is 3.61. The molecule has 0 atom stereocenters. The van der Waals surface area contributed by atoms with E-state index in [9.17, 15) is 9.90 Å². The van der Waals surface area contributed by atoms with Gasteiger partial charge in [0.05, 0.1) is 17.8 Å². The third kappa shape index (κ3) is 4.76. The van der Waals surface area contributed by atoms with Crippen LogP contribution < -0.4 is 21.0 Å². The molecule has 0 unspecified atom stereocenters. The highest BCUT2D eigenvalue weighted by atomic mass is 31.2. The number of hydrogen-bond acceptors (Lipinski definition) is 4. The van der Waals surface area contributed by atoms with Gasteiger partial charge in [-0.25, -0.2) is 4.79 Å². The van der Waals surface area contributed by atoms with Gasteiger partial charge in [0.2, 0.25) is 0 Å². The third-order valence-corrected chi connectivity index (χ3v) is 9.07. The molecule has 0 spiro atoms. The van der Waals surface area contributed by atoms with Gasteiger partial charge in [0.15, 0.2) is 0 Å². The molecule has 4 nitrogen and oxygen atoms in total. The molecule has 3 aromatic carbocycles. The number of benzene rings is 3. The van der Waals surface area contributed by atoms with Crippen LogP contribution in [0.4, 0.5) is 0 Å². The molecule has 0 aliphatic rings. The molecule has 0 amide bonds. The van der Waals surface area contributed by atoms with Gasteiger partial charge >= 0.3 is 5.97 Å². The molecule has 0 bridgehead atoms. The Morgan fingerprint density at radius 2 is 1.13 bits per heavy atom. The Bertz CT molecular complexity index is 971. The first kappa shape index (κ1) is 22.5. The smallest absolute Gasteiger partial charge is 0.339 e. The number of carbonyl (C=O) groups is 1. The van der Waals surface area contributed by atoms with Crippen LogP contribution in [0.3, 0.4) is 0 Å². The molecule has 5 heteroatoms. The summed E-state index contributed by atoms with van der Waals surface area (Å²) >= 11 is 0. The van der Waals surface area contributed by atoms with E-state index in [-0.39, 0.29) is 13.2 Å². The fourth-order valence-corrected chi connectivity index (χ4v) is 7.84. The SMILES string of the molecule is CCOC(=O)C(/C=C(\[O-])OCC)=P(c1ccccc1)(c1ccccc1)c1ccccc1. The molecular weight excluding hydrogens is 407 g/mol. The molecule has 0 N–H and O–H groups in total. The molecular formula is C26H26O4P-. The van der Waals surface area contributed by atoms with Crippen LogP contribution in [0.25, 0.3) is 0 Å². The van der Waals surface area contributed by atoms with Crippen molar-refractivity contribution in [2.24, 2.45) is 0 Å². The van der Waals surface area contributed by atoms with E-state index >= 15 is 0 Å². The maximum atomic E-state index is 13.4. The van der Waals surface area contributed by atoms with Crippen molar-refractivity contribution in [2.75, 3.05) is 13.2 Å². The van der Waals surface area contributed by atoms with Crippen LogP contribution in [-0.4, -0.2) is 24.5 Å². The Labute approximate surface area is 183 Å². The fraction of sp³-hybridized carbons (Fsp3) is 0.154. The summed E-state index contributed by atoms with van der Waals surface area (Å²) in [5.74, 6) is -1.07. The van der Waals surface area contributed by atoms with Crippen molar-refractivity contribution in [1.29, 1.82) is 0 Å². The number of hydrogen-bond donors (Lipinski definition) is 0. The number of rotatable bonds is 8. The van der Waals surface area contributed by atoms with Crippen LogP contribution in [0, 0.1) is 0 Å². The first-order chi connectivity index (χ1) is 15.1. The molecule has 0 saturated carbocycles. The minimum absolute atomic E-state index is 0.206. The average Bonchev–Trinajstić information content (AvgIpc) is 2.81. The number of ether oxygens (including phenoxy) is 2. The van der Waals surface area contributed by atoms with Crippen molar-refractivity contribution < 1.29 is 19.4 Å². The van der Waals surface area contributed by atoms with E-state index in [0.29, 0.717) is 5.29 Å². The average molecular weight is 433 g/mol. The second kappa shape index (κ2) is 10.7. The predicted molar refractivity (Wildman–Crippen MR) is 126 cm³/mol. The lowest BCUT2D eigenvalue weighted by molar-refractivity contribution is -0.356. The lowest BCUT2D eigenvalue weighted by Crippen LogP contribution is -2.34. The summed E-state index contributed by atoms with van der Waals surface area (Å²) in [6, 6.07) is 29.5. The van der Waals surface area contributed by atoms with E-state index in [0.717, 1.165) is 15.9 Å². The van der Waals surface area contributed by atoms with Crippen molar-refractivity contribution in [3.05, 3.63) is 103 Å². The van der Waals surface area contributed by atoms with E-state index < -0.39 is 18.8 Å². The second-order valence-electron chi connectivity index (χ2n) is 6.68. The standard InChI is InChI=1S/C26H27O4P/c1-3-29-25(27)20-24(26(28)30-4-2)31(21-14-8-5-9-15-21,22-16-10-6-11-17-22)23-18-12-7-13-19-23/h5-20,27H,3-4H2,1-2H3/p-1/b25-20+. The topological polar surface area (TPSA) is 58.6 Å². The van der Waals surface area contributed by atoms with Crippen LogP contribution >= 0.6 is 6.89 Å². The Kier molecular flexibility index (Phi) is 7.75. The summed E-state index contributed by atoms with van der Waals surface area (Å²) in [7, 11) is 0. The van der Waals surface area contributed by atoms with Gasteiger partial charge in [-0.1, -0.05) is 97.9 Å². The molecule has 0 fully saturated rings. The van der Waals surface area contributed by atoms with Crippen LogP contribution in [0.15, 0.2) is 103 Å². The first-order valence-electron chi connectivity index (χ1n) is 10.3. The number of esters is 1. The largest absolute Gasteiger partial charge is 0.614 e. The van der Waals surface area contributed by atoms with Crippen molar-refractivity contribution in [2.45, 2.75) is 13.8 Å². The van der Waals surface area contributed by atoms with E-state index in [1.165, 1.54) is 6.08 Å². The summed E-state index contributed by atoms with van der Waals surface area (Å²) in [5, 5.41) is 15.8. The molecule has 0 aliphatic heterocycles. The van der Waals surface area contributed by atoms with E-state index in [1.54, 1.807) is 13.8 Å². The molecule has 0 aromatic heterocycles. The Morgan fingerprint density at radius 1 is 0.742 bits per heavy atom. The first-order valence-corrected chi connectivity index (χ1v) is 12.1. The molecule has 160 valence electrons. The summed E-state index contributed by atoms with van der Waals surface area (Å²) < 4.78 is 10.7. The Morgan fingerprint density at radius 3 is 1.48 bits per heavy atom. The van der Waals surface area contributed by atoms with Crippen molar-refractivity contribution in [1.82, 2.24) is 0 Å². The summed E-state index contributed by atoms with van der Waals surface area (Å²) in [4.78, 5) is 13.4. The monoisotopic (exact) mass is 433 g/mol. The summed E-state index contributed by atoms with van der Waals surface area (Å²) in [6.45, 7) is 1.18. The highest BCUT2D eigenvalue weighted by Gasteiger charge is 2.32. The quantitative estimate of drug-likeness (QED) is 0.311. The van der Waals surface area contributed by atoms with Gasteiger partial charge in [-0.15, -0.1) is 0 Å². The molecule has 0 saturated heterocycles. The third-order valence-electron chi connectivity index (χ3n) is 4.82. The minimum atomic E-state index is -2.74. The minimum Gasteiger partial charge on any atom is -0.614 e. The van der Waals surface area contributed by atoms with Crippen molar-refractivity contribution in [3.63, 3.8) is 0 Å². The Hall–Kier alpha value is -3.23. The lowest BCUT2D eigenvalue weighted by Gasteiger charge is -2.31. The molecule has 3 aromatic rings. The van der Waals surface area contributed by atoms with Crippen LogP contribution in [0.1, 0.15) is 13.8 Å². The van der Waals surface area contributed by atoms with Gasteiger partial charge in [0.1, 0.15) is 0 Å². The predicted octanol–water partition coefficient (Wildman–Crippen LogP) is 2.95. The van der Waals surface area contributed by atoms with Crippen LogP contribution in [0.5, 0.6) is 0 Å². The Balaban J connectivity index is 2.59. The van der Waals surface area contributed by atoms with Gasteiger partial charge in [-0.05, 0) is 42.4 Å². The maximum absolute atomic E-state index is 13.4. The molecule has 3 rings (SSSR count). The zero-order chi connectivity index (χ0) is 22.1. The lowest BCUT2D eigenvalue weighted by atomic mass is 10.3. The summed E-state index contributed by atoms with van der Waals surface area (Å²) in [5.41, 5.74) is 0.